The van der Waals surface area contributed by atoms with Crippen LogP contribution in [0.2, 0.25) is 0 Å². The summed E-state index contributed by atoms with van der Waals surface area (Å²) >= 11 is 1.92. The lowest BCUT2D eigenvalue weighted by Crippen LogP contribution is -2.33. The summed E-state index contributed by atoms with van der Waals surface area (Å²) in [5, 5.41) is 4.02. The Morgan fingerprint density at radius 3 is 1.66 bits per heavy atom. The van der Waals surface area contributed by atoms with Gasteiger partial charge < -0.3 is 5.32 Å². The Labute approximate surface area is 377 Å². The molecule has 1 spiro atoms. The van der Waals surface area contributed by atoms with E-state index in [1.807, 2.05) is 17.8 Å². The van der Waals surface area contributed by atoms with Crippen LogP contribution in [-0.4, -0.2) is 9.97 Å². The van der Waals surface area contributed by atoms with Crippen LogP contribution in [0.1, 0.15) is 39.4 Å². The molecule has 13 rings (SSSR count). The largest absolute Gasteiger partial charge is 0.374 e. The standard InChI is InChI=1S/C60H39N3S/c1-4-16-38(17-5-1)39-28-30-40(31-29-39)53-37-54(63-59(62-53)42-20-8-3-9-21-42)43-32-35-52-47(36-43)56-46(57(61-52)41-18-6-2-7-19-41)33-34-51-58(56)64-55-27-15-14-26-50(55)60(51)48-24-12-10-22-44(48)45-23-11-13-25-49(45)60/h1-37,57,61H. The minimum atomic E-state index is -0.480. The summed E-state index contributed by atoms with van der Waals surface area (Å²) < 4.78 is 0. The van der Waals surface area contributed by atoms with Crippen LogP contribution in [-0.2, 0) is 5.41 Å². The second-order valence-corrected chi connectivity index (χ2v) is 17.9. The number of aromatic nitrogens is 2. The predicted molar refractivity (Wildman–Crippen MR) is 263 cm³/mol. The normalized spacial score (nSPS) is 14.6. The molecule has 3 heterocycles. The molecule has 64 heavy (non-hydrogen) atoms. The van der Waals surface area contributed by atoms with Crippen LogP contribution in [0.3, 0.4) is 0 Å². The summed E-state index contributed by atoms with van der Waals surface area (Å²) in [6.45, 7) is 0. The molecular weight excluding hydrogens is 795 g/mol. The number of nitrogens with zero attached hydrogens (tertiary/aromatic N) is 2. The molecule has 0 fully saturated rings. The topological polar surface area (TPSA) is 37.8 Å². The Kier molecular flexibility index (Phi) is 8.43. The van der Waals surface area contributed by atoms with E-state index >= 15 is 0 Å². The van der Waals surface area contributed by atoms with E-state index in [0.717, 1.165) is 33.8 Å². The lowest BCUT2D eigenvalue weighted by atomic mass is 9.66. The van der Waals surface area contributed by atoms with Gasteiger partial charge in [-0.15, -0.1) is 0 Å². The highest BCUT2D eigenvalue weighted by atomic mass is 32.2. The van der Waals surface area contributed by atoms with E-state index in [4.69, 9.17) is 9.97 Å². The molecule has 1 N–H and O–H groups in total. The van der Waals surface area contributed by atoms with E-state index in [-0.39, 0.29) is 6.04 Å². The maximum absolute atomic E-state index is 5.32. The van der Waals surface area contributed by atoms with Gasteiger partial charge >= 0.3 is 0 Å². The molecule has 1 aliphatic carbocycles. The zero-order valence-electron chi connectivity index (χ0n) is 34.7. The summed E-state index contributed by atoms with van der Waals surface area (Å²) in [7, 11) is 0. The number of hydrogen-bond acceptors (Lipinski definition) is 4. The van der Waals surface area contributed by atoms with Gasteiger partial charge in [0.25, 0.3) is 0 Å². The van der Waals surface area contributed by atoms with Crippen LogP contribution < -0.4 is 5.32 Å². The minimum absolute atomic E-state index is 0.0362. The van der Waals surface area contributed by atoms with E-state index in [1.54, 1.807) is 0 Å². The number of hydrogen-bond donors (Lipinski definition) is 1. The molecule has 0 radical (unpaired) electrons. The predicted octanol–water partition coefficient (Wildman–Crippen LogP) is 15.2. The summed E-state index contributed by atoms with van der Waals surface area (Å²) in [6, 6.07) is 81.5. The van der Waals surface area contributed by atoms with E-state index < -0.39 is 5.41 Å². The molecular formula is C60H39N3S. The Hall–Kier alpha value is -7.79. The molecule has 1 atom stereocenters. The van der Waals surface area contributed by atoms with Gasteiger partial charge in [0, 0.05) is 43.3 Å². The maximum Gasteiger partial charge on any atom is 0.160 e. The fraction of sp³-hybridized carbons (Fsp3) is 0.0333. The average molecular weight is 834 g/mol. The van der Waals surface area contributed by atoms with Crippen molar-refractivity contribution in [1.82, 2.24) is 9.97 Å². The second kappa shape index (κ2) is 14.7. The van der Waals surface area contributed by atoms with Crippen molar-refractivity contribution in [1.29, 1.82) is 0 Å². The number of nitrogens with one attached hydrogen (secondary N) is 1. The molecule has 0 amide bonds. The summed E-state index contributed by atoms with van der Waals surface area (Å²) in [6.07, 6.45) is 0. The molecule has 2 aliphatic heterocycles. The molecule has 0 bridgehead atoms. The van der Waals surface area contributed by atoms with Crippen molar-refractivity contribution < 1.29 is 0 Å². The first-order valence-electron chi connectivity index (χ1n) is 21.9. The van der Waals surface area contributed by atoms with Crippen molar-refractivity contribution in [3.63, 3.8) is 0 Å². The number of fused-ring (bicyclic) bond motifs is 13. The van der Waals surface area contributed by atoms with Crippen molar-refractivity contribution in [3.05, 3.63) is 258 Å². The van der Waals surface area contributed by atoms with Gasteiger partial charge in [0.15, 0.2) is 5.82 Å². The Morgan fingerprint density at radius 1 is 0.406 bits per heavy atom. The third-order valence-electron chi connectivity index (χ3n) is 13.4. The second-order valence-electron chi connectivity index (χ2n) is 16.9. The van der Waals surface area contributed by atoms with E-state index in [2.05, 4.69) is 224 Å². The van der Waals surface area contributed by atoms with Crippen LogP contribution in [0.15, 0.2) is 234 Å². The van der Waals surface area contributed by atoms with Gasteiger partial charge in [-0.3, -0.25) is 0 Å². The van der Waals surface area contributed by atoms with Crippen molar-refractivity contribution in [3.8, 4) is 67.3 Å². The van der Waals surface area contributed by atoms with Crippen LogP contribution in [0.5, 0.6) is 0 Å². The molecule has 1 unspecified atom stereocenters. The van der Waals surface area contributed by atoms with Gasteiger partial charge in [-0.2, -0.15) is 0 Å². The minimum Gasteiger partial charge on any atom is -0.374 e. The molecule has 10 aromatic rings. The molecule has 1 aromatic heterocycles. The third-order valence-corrected chi connectivity index (χ3v) is 14.6. The van der Waals surface area contributed by atoms with Gasteiger partial charge in [0.1, 0.15) is 0 Å². The average Bonchev–Trinajstić information content (AvgIpc) is 3.67. The Morgan fingerprint density at radius 2 is 0.953 bits per heavy atom. The molecule has 300 valence electrons. The van der Waals surface area contributed by atoms with Crippen LogP contribution in [0, 0.1) is 0 Å². The highest BCUT2D eigenvalue weighted by Crippen LogP contribution is 2.64. The first-order chi connectivity index (χ1) is 31.7. The highest BCUT2D eigenvalue weighted by Gasteiger charge is 2.51. The fourth-order valence-electron chi connectivity index (χ4n) is 10.6. The van der Waals surface area contributed by atoms with Crippen molar-refractivity contribution in [2.75, 3.05) is 5.32 Å². The molecule has 3 aliphatic rings. The smallest absolute Gasteiger partial charge is 0.160 e. The lowest BCUT2D eigenvalue weighted by molar-refractivity contribution is 0.720. The number of rotatable bonds is 5. The molecule has 0 saturated heterocycles. The van der Waals surface area contributed by atoms with E-state index in [0.29, 0.717) is 5.82 Å². The quantitative estimate of drug-likeness (QED) is 0.187. The van der Waals surface area contributed by atoms with Crippen molar-refractivity contribution in [2.45, 2.75) is 21.2 Å². The van der Waals surface area contributed by atoms with Crippen LogP contribution in [0.25, 0.3) is 67.3 Å². The first kappa shape index (κ1) is 36.8. The molecule has 9 aromatic carbocycles. The molecule has 3 nitrogen and oxygen atoms in total. The fourth-order valence-corrected chi connectivity index (χ4v) is 11.9. The van der Waals surface area contributed by atoms with Gasteiger partial charge in [0.2, 0.25) is 0 Å². The monoisotopic (exact) mass is 833 g/mol. The van der Waals surface area contributed by atoms with Gasteiger partial charge in [0.05, 0.1) is 22.8 Å². The summed E-state index contributed by atoms with van der Waals surface area (Å²) in [4.78, 5) is 13.1. The SMILES string of the molecule is c1ccc(-c2ccc(-c3cc(-c4ccc5c(c4)-c4c(ccc6c4Sc4ccccc4C64c6ccccc6-c6ccccc64)C(c4ccccc4)N5)nc(-c4ccccc4)n3)cc2)cc1. The number of anilines is 1. The third kappa shape index (κ3) is 5.62. The van der Waals surface area contributed by atoms with Crippen molar-refractivity contribution >= 4 is 17.4 Å². The van der Waals surface area contributed by atoms with Gasteiger partial charge in [-0.25, -0.2) is 9.97 Å². The Bertz CT molecular complexity index is 3390. The van der Waals surface area contributed by atoms with E-state index in [1.165, 1.54) is 76.6 Å². The Balaban J connectivity index is 1.04. The zero-order valence-corrected chi connectivity index (χ0v) is 35.6. The maximum atomic E-state index is 5.32. The van der Waals surface area contributed by atoms with Gasteiger partial charge in [-0.05, 0) is 79.9 Å². The first-order valence-corrected chi connectivity index (χ1v) is 22.7. The molecule has 0 saturated carbocycles. The molecule has 4 heteroatoms. The van der Waals surface area contributed by atoms with Crippen molar-refractivity contribution in [2.24, 2.45) is 0 Å². The zero-order chi connectivity index (χ0) is 42.2. The van der Waals surface area contributed by atoms with E-state index in [9.17, 15) is 0 Å². The lowest BCUT2D eigenvalue weighted by Gasteiger charge is -2.42. The van der Waals surface area contributed by atoms with Crippen LogP contribution >= 0.6 is 11.8 Å². The summed E-state index contributed by atoms with van der Waals surface area (Å²) in [5.41, 5.74) is 20.7. The van der Waals surface area contributed by atoms with Gasteiger partial charge in [-0.1, -0.05) is 212 Å². The van der Waals surface area contributed by atoms with Crippen LogP contribution in [0.4, 0.5) is 5.69 Å². The summed E-state index contributed by atoms with van der Waals surface area (Å²) in [5.74, 6) is 0.700. The number of benzene rings is 9. The highest BCUT2D eigenvalue weighted by molar-refractivity contribution is 7.99.